The van der Waals surface area contributed by atoms with Crippen molar-refractivity contribution in [2.75, 3.05) is 40.4 Å². The fraction of sp³-hybridized carbons (Fsp3) is 0.720. The number of pyridine rings is 1. The van der Waals surface area contributed by atoms with Gasteiger partial charge in [0.05, 0.1) is 16.3 Å². The Bertz CT molecular complexity index is 990. The molecule has 37 heavy (non-hydrogen) atoms. The number of nitrogens with zero attached hydrogens (tertiary/aromatic N) is 4. The molecule has 0 spiro atoms. The zero-order chi connectivity index (χ0) is 27.8. The molecule has 0 saturated heterocycles. The van der Waals surface area contributed by atoms with Crippen LogP contribution in [0.1, 0.15) is 52.9 Å². The second-order valence-electron chi connectivity index (χ2n) is 11.9. The summed E-state index contributed by atoms with van der Waals surface area (Å²) in [5, 5.41) is 18.0. The van der Waals surface area contributed by atoms with Crippen LogP contribution in [0.15, 0.2) is 12.1 Å². The van der Waals surface area contributed by atoms with E-state index in [9.17, 15) is 19.7 Å². The summed E-state index contributed by atoms with van der Waals surface area (Å²) in [6.07, 6.45) is 0. The number of hydrogen-bond donors (Lipinski definition) is 2. The monoisotopic (exact) mass is 520 g/mol. The normalized spacial score (nSPS) is 32.2. The molecule has 12 heteroatoms. The number of methoxy groups -OCH3 is 2. The van der Waals surface area contributed by atoms with Gasteiger partial charge in [-0.3, -0.25) is 34.5 Å². The van der Waals surface area contributed by atoms with Crippen LogP contribution in [0, 0.1) is 10.1 Å². The summed E-state index contributed by atoms with van der Waals surface area (Å²) < 4.78 is 11.5. The van der Waals surface area contributed by atoms with Crippen molar-refractivity contribution in [3.05, 3.63) is 33.6 Å². The largest absolute Gasteiger partial charge is 0.367 e. The summed E-state index contributed by atoms with van der Waals surface area (Å²) in [4.78, 5) is 47.1. The van der Waals surface area contributed by atoms with E-state index < -0.39 is 27.2 Å². The molecule has 206 valence electrons. The molecule has 2 aliphatic heterocycles. The molecular weight excluding hydrogens is 480 g/mol. The number of rotatable bonds is 3. The van der Waals surface area contributed by atoms with Crippen molar-refractivity contribution in [2.45, 2.75) is 76.9 Å². The van der Waals surface area contributed by atoms with Gasteiger partial charge in [-0.25, -0.2) is 0 Å². The number of nitro groups is 1. The van der Waals surface area contributed by atoms with E-state index in [1.54, 1.807) is 13.8 Å². The lowest BCUT2D eigenvalue weighted by Gasteiger charge is -2.43. The molecule has 0 aliphatic carbocycles. The van der Waals surface area contributed by atoms with E-state index in [-0.39, 0.29) is 43.7 Å². The first-order valence-corrected chi connectivity index (χ1v) is 12.3. The van der Waals surface area contributed by atoms with Gasteiger partial charge in [0.1, 0.15) is 0 Å². The van der Waals surface area contributed by atoms with Crippen LogP contribution in [0.5, 0.6) is 0 Å². The molecule has 0 aromatic carbocycles. The molecule has 4 atom stereocenters. The first kappa shape index (κ1) is 28.9. The van der Waals surface area contributed by atoms with Crippen molar-refractivity contribution < 1.29 is 24.0 Å². The van der Waals surface area contributed by atoms with E-state index in [0.29, 0.717) is 24.5 Å². The maximum Gasteiger partial charge on any atom is 0.273 e. The maximum atomic E-state index is 13.6. The number of fused-ring (bicyclic) bond motifs is 2. The second-order valence-corrected chi connectivity index (χ2v) is 11.9. The predicted octanol–water partition coefficient (Wildman–Crippen LogP) is 1.22. The van der Waals surface area contributed by atoms with E-state index in [1.165, 1.54) is 26.4 Å². The molecule has 3 heterocycles. The molecule has 1 aromatic rings. The zero-order valence-electron chi connectivity index (χ0n) is 23.1. The van der Waals surface area contributed by atoms with Crippen molar-refractivity contribution in [2.24, 2.45) is 0 Å². The topological polar surface area (TPSA) is 139 Å². The number of hydrogen-bond acceptors (Lipinski definition) is 9. The summed E-state index contributed by atoms with van der Waals surface area (Å²) in [7, 11) is 2.97. The summed E-state index contributed by atoms with van der Waals surface area (Å²) in [5.74, 6) is -0.550. The predicted molar refractivity (Wildman–Crippen MR) is 137 cm³/mol. The average molecular weight is 521 g/mol. The Morgan fingerprint density at radius 3 is 1.51 bits per heavy atom. The fourth-order valence-electron chi connectivity index (χ4n) is 5.08. The lowest BCUT2D eigenvalue weighted by Crippen LogP contribution is -2.65. The molecule has 0 radical (unpaired) electrons. The van der Waals surface area contributed by atoms with Crippen molar-refractivity contribution in [1.82, 2.24) is 25.4 Å². The van der Waals surface area contributed by atoms with Crippen molar-refractivity contribution in [1.29, 1.82) is 0 Å². The lowest BCUT2D eigenvalue weighted by molar-refractivity contribution is -0.385. The van der Waals surface area contributed by atoms with Gasteiger partial charge in [-0.15, -0.1) is 0 Å². The zero-order valence-corrected chi connectivity index (χ0v) is 23.1. The number of carbonyl (C=O) groups excluding carboxylic acids is 2. The Labute approximate surface area is 218 Å². The fourth-order valence-corrected chi connectivity index (χ4v) is 5.08. The number of ether oxygens (including phenoxy) is 2. The molecule has 4 bridgehead atoms. The minimum absolute atomic E-state index is 0.0597. The van der Waals surface area contributed by atoms with Crippen molar-refractivity contribution in [3.8, 4) is 0 Å². The third-order valence-corrected chi connectivity index (χ3v) is 6.95. The highest BCUT2D eigenvalue weighted by molar-refractivity contribution is 5.86. The van der Waals surface area contributed by atoms with Gasteiger partial charge in [-0.05, 0) is 41.5 Å². The highest BCUT2D eigenvalue weighted by Gasteiger charge is 2.44. The molecule has 2 unspecified atom stereocenters. The Balaban J connectivity index is 2.28. The smallest absolute Gasteiger partial charge is 0.273 e. The third-order valence-electron chi connectivity index (χ3n) is 6.95. The number of aromatic nitrogens is 1. The highest BCUT2D eigenvalue weighted by atomic mass is 16.6. The minimum Gasteiger partial charge on any atom is -0.367 e. The van der Waals surface area contributed by atoms with Crippen LogP contribution in [-0.4, -0.2) is 94.2 Å². The summed E-state index contributed by atoms with van der Waals surface area (Å²) in [6.45, 7) is 12.4. The van der Waals surface area contributed by atoms with Gasteiger partial charge in [0.25, 0.3) is 17.5 Å². The van der Waals surface area contributed by atoms with E-state index >= 15 is 0 Å². The van der Waals surface area contributed by atoms with E-state index in [1.807, 2.05) is 37.5 Å². The summed E-state index contributed by atoms with van der Waals surface area (Å²) in [5.41, 5.74) is -3.01. The molecule has 0 saturated carbocycles. The van der Waals surface area contributed by atoms with Crippen LogP contribution < -0.4 is 10.6 Å². The Morgan fingerprint density at radius 1 is 0.811 bits per heavy atom. The summed E-state index contributed by atoms with van der Waals surface area (Å²) in [6, 6.07) is 2.91. The van der Waals surface area contributed by atoms with Crippen LogP contribution in [0.4, 0.5) is 5.69 Å². The molecule has 2 N–H and O–H groups in total. The standard InChI is InChI=1S/C25H40N6O6/c1-22(2)13-29-11-17-9-19(31(34)35)10-18(26-17)12-30(16-24(5,36-7)20(32)27-22)14-23(3,4)28-21(33)25(6,15-29)37-8/h9-10H,11-16H2,1-8H3,(H,27,32)(H,28,33)/t24-,25+. The van der Waals surface area contributed by atoms with Gasteiger partial charge < -0.3 is 20.1 Å². The van der Waals surface area contributed by atoms with Crippen LogP contribution >= 0.6 is 0 Å². The van der Waals surface area contributed by atoms with Gasteiger partial charge in [0.2, 0.25) is 0 Å². The SMILES string of the molecule is CO[C@]1(C)CN2Cc3cc([N+](=O)[O-])cc(n3)CN(CC(C)(C)NC1=O)C[C@](C)(OC)C(=O)NC(C)(C)C2. The third kappa shape index (κ3) is 6.81. The van der Waals surface area contributed by atoms with Crippen LogP contribution in [0.2, 0.25) is 0 Å². The van der Waals surface area contributed by atoms with Gasteiger partial charge in [-0.2, -0.15) is 0 Å². The maximum absolute atomic E-state index is 13.6. The Morgan fingerprint density at radius 2 is 1.19 bits per heavy atom. The molecule has 12 nitrogen and oxygen atoms in total. The molecule has 2 aliphatic rings. The number of nitrogens with one attached hydrogen (secondary N) is 2. The van der Waals surface area contributed by atoms with Gasteiger partial charge in [0.15, 0.2) is 11.2 Å². The van der Waals surface area contributed by atoms with Gasteiger partial charge >= 0.3 is 0 Å². The minimum atomic E-state index is -1.23. The van der Waals surface area contributed by atoms with Crippen LogP contribution in [-0.2, 0) is 32.2 Å². The molecule has 1 aromatic heterocycles. The number of carbonyl (C=O) groups is 2. The molecule has 3 rings (SSSR count). The first-order chi connectivity index (χ1) is 17.0. The molecular formula is C25H40N6O6. The number of amides is 2. The van der Waals surface area contributed by atoms with Crippen LogP contribution in [0.25, 0.3) is 0 Å². The second kappa shape index (κ2) is 10.2. The lowest BCUT2D eigenvalue weighted by atomic mass is 9.95. The molecule has 0 fully saturated rings. The first-order valence-electron chi connectivity index (χ1n) is 12.3. The average Bonchev–Trinajstić information content (AvgIpc) is 2.76. The Kier molecular flexibility index (Phi) is 8.00. The van der Waals surface area contributed by atoms with Crippen molar-refractivity contribution in [3.63, 3.8) is 0 Å². The summed E-state index contributed by atoms with van der Waals surface area (Å²) >= 11 is 0. The van der Waals surface area contributed by atoms with Crippen molar-refractivity contribution >= 4 is 17.5 Å². The Hall–Kier alpha value is -2.67. The van der Waals surface area contributed by atoms with E-state index in [0.717, 1.165) is 0 Å². The van der Waals surface area contributed by atoms with Gasteiger partial charge in [-0.1, -0.05) is 0 Å². The quantitative estimate of drug-likeness (QED) is 0.445. The van der Waals surface area contributed by atoms with E-state index in [4.69, 9.17) is 14.5 Å². The van der Waals surface area contributed by atoms with E-state index in [2.05, 4.69) is 10.6 Å². The molecule has 2 amide bonds. The highest BCUT2D eigenvalue weighted by Crippen LogP contribution is 2.25. The van der Waals surface area contributed by atoms with Crippen LogP contribution in [0.3, 0.4) is 0 Å². The van der Waals surface area contributed by atoms with Gasteiger partial charge in [0, 0.05) is 76.7 Å².